The quantitative estimate of drug-likeness (QED) is 0.908. The van der Waals surface area contributed by atoms with Crippen molar-refractivity contribution in [3.05, 3.63) is 29.3 Å². The van der Waals surface area contributed by atoms with Gasteiger partial charge >= 0.3 is 0 Å². The molecule has 0 spiro atoms. The van der Waals surface area contributed by atoms with Crippen LogP contribution in [0.25, 0.3) is 0 Å². The summed E-state index contributed by atoms with van der Waals surface area (Å²) in [6, 6.07) is 7.64. The third-order valence-electron chi connectivity index (χ3n) is 5.68. The molecule has 0 aromatic heterocycles. The van der Waals surface area contributed by atoms with Crippen LogP contribution >= 0.6 is 0 Å². The molecule has 21 heavy (non-hydrogen) atoms. The van der Waals surface area contributed by atoms with E-state index in [0.29, 0.717) is 12.1 Å². The van der Waals surface area contributed by atoms with Crippen LogP contribution in [0.3, 0.4) is 0 Å². The average molecular weight is 288 g/mol. The second-order valence-electron chi connectivity index (χ2n) is 6.79. The molecule has 1 saturated heterocycles. The topological polar surface area (TPSA) is 38.5 Å². The second kappa shape index (κ2) is 5.98. The van der Waals surface area contributed by atoms with Crippen LogP contribution in [0.5, 0.6) is 5.75 Å². The Morgan fingerprint density at radius 2 is 2.05 bits per heavy atom. The molecule has 4 unspecified atom stereocenters. The minimum Gasteiger partial charge on any atom is -0.497 e. The molecule has 1 aromatic rings. The summed E-state index contributed by atoms with van der Waals surface area (Å²) in [6.07, 6.45) is 4.94. The molecule has 2 N–H and O–H groups in total. The average Bonchev–Trinajstić information content (AvgIpc) is 2.50. The molecule has 1 heterocycles. The molecule has 4 atom stereocenters. The van der Waals surface area contributed by atoms with Crippen LogP contribution in [0.15, 0.2) is 18.2 Å². The number of likely N-dealkylation sites (tertiary alicyclic amines) is 1. The van der Waals surface area contributed by atoms with E-state index >= 15 is 0 Å². The molecule has 3 rings (SSSR count). The standard InChI is InChI=1S/C18H28N2O/c1-12-5-4-10-20(13(12)2)17-9-6-14-11-15(21-3)7-8-16(14)18(17)19/h7-8,11-13,17-18H,4-6,9-10,19H2,1-3H3. The first kappa shape index (κ1) is 14.9. The molecule has 0 bridgehead atoms. The molecular formula is C18H28N2O. The predicted octanol–water partition coefficient (Wildman–Crippen LogP) is 3.13. The number of rotatable bonds is 2. The van der Waals surface area contributed by atoms with E-state index in [4.69, 9.17) is 10.5 Å². The van der Waals surface area contributed by atoms with Gasteiger partial charge in [0.25, 0.3) is 0 Å². The molecule has 1 fully saturated rings. The third-order valence-corrected chi connectivity index (χ3v) is 5.68. The van der Waals surface area contributed by atoms with Crippen molar-refractivity contribution in [2.75, 3.05) is 13.7 Å². The fourth-order valence-corrected chi connectivity index (χ4v) is 4.15. The highest BCUT2D eigenvalue weighted by atomic mass is 16.5. The van der Waals surface area contributed by atoms with Gasteiger partial charge in [0.2, 0.25) is 0 Å². The summed E-state index contributed by atoms with van der Waals surface area (Å²) in [7, 11) is 1.73. The van der Waals surface area contributed by atoms with Gasteiger partial charge in [0.05, 0.1) is 7.11 Å². The molecule has 1 aliphatic heterocycles. The number of methoxy groups -OCH3 is 1. The Labute approximate surface area is 128 Å². The lowest BCUT2D eigenvalue weighted by molar-refractivity contribution is 0.0485. The van der Waals surface area contributed by atoms with Gasteiger partial charge in [0.15, 0.2) is 0 Å². The van der Waals surface area contributed by atoms with Gasteiger partial charge in [-0.25, -0.2) is 0 Å². The summed E-state index contributed by atoms with van der Waals surface area (Å²) in [5.74, 6) is 1.72. The summed E-state index contributed by atoms with van der Waals surface area (Å²) in [4.78, 5) is 2.67. The number of aryl methyl sites for hydroxylation is 1. The maximum Gasteiger partial charge on any atom is 0.119 e. The molecule has 116 valence electrons. The maximum absolute atomic E-state index is 6.64. The summed E-state index contributed by atoms with van der Waals surface area (Å²) in [5.41, 5.74) is 9.33. The van der Waals surface area contributed by atoms with Crippen molar-refractivity contribution >= 4 is 0 Å². The van der Waals surface area contributed by atoms with Gasteiger partial charge in [-0.2, -0.15) is 0 Å². The number of piperidine rings is 1. The Morgan fingerprint density at radius 3 is 2.81 bits per heavy atom. The van der Waals surface area contributed by atoms with E-state index in [1.165, 1.54) is 36.9 Å². The van der Waals surface area contributed by atoms with Crippen molar-refractivity contribution in [2.45, 2.75) is 57.7 Å². The van der Waals surface area contributed by atoms with Crippen LogP contribution in [-0.4, -0.2) is 30.6 Å². The van der Waals surface area contributed by atoms with Crippen molar-refractivity contribution in [1.29, 1.82) is 0 Å². The number of hydrogen-bond donors (Lipinski definition) is 1. The van der Waals surface area contributed by atoms with E-state index in [0.717, 1.165) is 18.1 Å². The van der Waals surface area contributed by atoms with E-state index in [1.54, 1.807) is 7.11 Å². The lowest BCUT2D eigenvalue weighted by Gasteiger charge is -2.47. The van der Waals surface area contributed by atoms with Crippen molar-refractivity contribution < 1.29 is 4.74 Å². The van der Waals surface area contributed by atoms with Gasteiger partial charge in [0, 0.05) is 18.1 Å². The minimum atomic E-state index is 0.132. The first-order valence-corrected chi connectivity index (χ1v) is 8.30. The van der Waals surface area contributed by atoms with Gasteiger partial charge < -0.3 is 10.5 Å². The van der Waals surface area contributed by atoms with Crippen molar-refractivity contribution in [3.63, 3.8) is 0 Å². The highest BCUT2D eigenvalue weighted by Gasteiger charge is 2.36. The van der Waals surface area contributed by atoms with Crippen LogP contribution in [0.4, 0.5) is 0 Å². The maximum atomic E-state index is 6.64. The zero-order valence-electron chi connectivity index (χ0n) is 13.5. The van der Waals surface area contributed by atoms with E-state index < -0.39 is 0 Å². The number of nitrogens with zero attached hydrogens (tertiary/aromatic N) is 1. The van der Waals surface area contributed by atoms with Crippen LogP contribution in [0.2, 0.25) is 0 Å². The normalized spacial score (nSPS) is 33.5. The molecule has 0 saturated carbocycles. The number of ether oxygens (including phenoxy) is 1. The van der Waals surface area contributed by atoms with Crippen LogP contribution in [0, 0.1) is 5.92 Å². The van der Waals surface area contributed by atoms with Gasteiger partial charge in [-0.15, -0.1) is 0 Å². The van der Waals surface area contributed by atoms with Crippen molar-refractivity contribution in [3.8, 4) is 5.75 Å². The molecule has 3 heteroatoms. The Balaban J connectivity index is 1.83. The molecular weight excluding hydrogens is 260 g/mol. The first-order valence-electron chi connectivity index (χ1n) is 8.30. The Morgan fingerprint density at radius 1 is 1.24 bits per heavy atom. The van der Waals surface area contributed by atoms with Crippen LogP contribution in [-0.2, 0) is 6.42 Å². The van der Waals surface area contributed by atoms with E-state index in [-0.39, 0.29) is 6.04 Å². The van der Waals surface area contributed by atoms with E-state index in [9.17, 15) is 0 Å². The van der Waals surface area contributed by atoms with Gasteiger partial charge in [-0.1, -0.05) is 13.0 Å². The van der Waals surface area contributed by atoms with Crippen LogP contribution < -0.4 is 10.5 Å². The minimum absolute atomic E-state index is 0.132. The monoisotopic (exact) mass is 288 g/mol. The lowest BCUT2D eigenvalue weighted by atomic mass is 9.81. The van der Waals surface area contributed by atoms with Crippen molar-refractivity contribution in [2.24, 2.45) is 11.7 Å². The molecule has 2 aliphatic rings. The number of benzene rings is 1. The van der Waals surface area contributed by atoms with Gasteiger partial charge in [-0.3, -0.25) is 4.90 Å². The first-order chi connectivity index (χ1) is 10.1. The summed E-state index contributed by atoms with van der Waals surface area (Å²) >= 11 is 0. The second-order valence-corrected chi connectivity index (χ2v) is 6.79. The Kier molecular flexibility index (Phi) is 4.23. The van der Waals surface area contributed by atoms with Crippen LogP contribution in [0.1, 0.15) is 50.3 Å². The Bertz CT molecular complexity index is 502. The smallest absolute Gasteiger partial charge is 0.119 e. The number of fused-ring (bicyclic) bond motifs is 1. The Hall–Kier alpha value is -1.06. The molecule has 1 aliphatic carbocycles. The molecule has 0 radical (unpaired) electrons. The van der Waals surface area contributed by atoms with Crippen molar-refractivity contribution in [1.82, 2.24) is 4.90 Å². The highest BCUT2D eigenvalue weighted by Crippen LogP contribution is 2.36. The van der Waals surface area contributed by atoms with Gasteiger partial charge in [-0.05, 0) is 68.3 Å². The van der Waals surface area contributed by atoms with Gasteiger partial charge in [0.1, 0.15) is 5.75 Å². The molecule has 0 amide bonds. The fourth-order valence-electron chi connectivity index (χ4n) is 4.15. The predicted molar refractivity (Wildman–Crippen MR) is 86.6 cm³/mol. The number of nitrogens with two attached hydrogens (primary N) is 1. The highest BCUT2D eigenvalue weighted by molar-refractivity contribution is 5.40. The fraction of sp³-hybridized carbons (Fsp3) is 0.667. The zero-order chi connectivity index (χ0) is 15.0. The summed E-state index contributed by atoms with van der Waals surface area (Å²) in [5, 5.41) is 0. The van der Waals surface area contributed by atoms with E-state index in [2.05, 4.69) is 30.9 Å². The van der Waals surface area contributed by atoms with E-state index in [1.807, 2.05) is 6.07 Å². The SMILES string of the molecule is COc1ccc2c(c1)CCC(N1CCCC(C)C1C)C2N. The summed E-state index contributed by atoms with van der Waals surface area (Å²) < 4.78 is 5.34. The largest absolute Gasteiger partial charge is 0.497 e. The lowest BCUT2D eigenvalue weighted by Crippen LogP contribution is -2.53. The molecule has 3 nitrogen and oxygen atoms in total. The number of hydrogen-bond acceptors (Lipinski definition) is 3. The third kappa shape index (κ3) is 2.69. The zero-order valence-corrected chi connectivity index (χ0v) is 13.5. The summed E-state index contributed by atoms with van der Waals surface area (Å²) in [6.45, 7) is 5.96. The molecule has 1 aromatic carbocycles.